The molecule has 0 saturated heterocycles. The molecular weight excluding hydrogens is 326 g/mol. The highest BCUT2D eigenvalue weighted by Crippen LogP contribution is 2.37. The van der Waals surface area contributed by atoms with Crippen LogP contribution in [0.15, 0.2) is 54.6 Å². The first-order valence-electron chi connectivity index (χ1n) is 8.67. The lowest BCUT2D eigenvalue weighted by molar-refractivity contribution is -0.132. The Hall–Kier alpha value is -3.08. The van der Waals surface area contributed by atoms with Crippen LogP contribution in [-0.4, -0.2) is 15.7 Å². The smallest absolute Gasteiger partial charge is 0.309 e. The Morgan fingerprint density at radius 2 is 1.77 bits per heavy atom. The van der Waals surface area contributed by atoms with Gasteiger partial charge in [-0.2, -0.15) is 9.78 Å². The highest BCUT2D eigenvalue weighted by molar-refractivity contribution is 5.78. The number of ether oxygens (including phenoxy) is 1. The summed E-state index contributed by atoms with van der Waals surface area (Å²) in [6.07, 6.45) is 0.772. The second kappa shape index (κ2) is 7.44. The first-order chi connectivity index (χ1) is 12.5. The Labute approximate surface area is 153 Å². The lowest BCUT2D eigenvalue weighted by atomic mass is 9.99. The molecule has 0 amide bonds. The number of nitrogens with zero attached hydrogens (tertiary/aromatic N) is 2. The second-order valence-electron chi connectivity index (χ2n) is 6.69. The number of nitrogen functional groups attached to an aromatic ring is 1. The summed E-state index contributed by atoms with van der Waals surface area (Å²) in [7, 11) is 0. The molecule has 2 N–H and O–H groups in total. The van der Waals surface area contributed by atoms with Crippen LogP contribution in [0.25, 0.3) is 16.8 Å². The van der Waals surface area contributed by atoms with Gasteiger partial charge in [-0.25, -0.2) is 0 Å². The quantitative estimate of drug-likeness (QED) is 0.552. The van der Waals surface area contributed by atoms with Crippen molar-refractivity contribution in [1.29, 1.82) is 0 Å². The Morgan fingerprint density at radius 3 is 2.35 bits per heavy atom. The maximum absolute atomic E-state index is 11.8. The van der Waals surface area contributed by atoms with E-state index in [0.717, 1.165) is 28.9 Å². The molecule has 0 bridgehead atoms. The van der Waals surface area contributed by atoms with Crippen LogP contribution in [0.3, 0.4) is 0 Å². The molecule has 0 unspecified atom stereocenters. The van der Waals surface area contributed by atoms with Gasteiger partial charge in [-0.1, -0.05) is 44.2 Å². The molecule has 134 valence electrons. The van der Waals surface area contributed by atoms with E-state index >= 15 is 0 Å². The molecular formula is C21H23N3O2. The van der Waals surface area contributed by atoms with Gasteiger partial charge in [0.25, 0.3) is 0 Å². The van der Waals surface area contributed by atoms with E-state index in [1.807, 2.05) is 54.6 Å². The van der Waals surface area contributed by atoms with Crippen molar-refractivity contribution in [3.63, 3.8) is 0 Å². The van der Waals surface area contributed by atoms with Crippen LogP contribution < -0.4 is 10.5 Å². The third kappa shape index (κ3) is 3.77. The van der Waals surface area contributed by atoms with Crippen LogP contribution >= 0.6 is 0 Å². The summed E-state index contributed by atoms with van der Waals surface area (Å²) in [5, 5.41) is 4.78. The van der Waals surface area contributed by atoms with Gasteiger partial charge in [0, 0.05) is 12.6 Å². The number of carbonyl (C=O) groups is 1. The molecule has 1 heterocycles. The van der Waals surface area contributed by atoms with Crippen molar-refractivity contribution >= 4 is 11.7 Å². The molecule has 0 aliphatic carbocycles. The van der Waals surface area contributed by atoms with Gasteiger partial charge in [0.15, 0.2) is 0 Å². The molecule has 3 rings (SSSR count). The second-order valence-corrected chi connectivity index (χ2v) is 6.69. The minimum atomic E-state index is -0.380. The summed E-state index contributed by atoms with van der Waals surface area (Å²) in [6.45, 7) is 5.68. The molecule has 0 radical (unpaired) electrons. The fourth-order valence-corrected chi connectivity index (χ4v) is 2.89. The van der Waals surface area contributed by atoms with Crippen LogP contribution in [0.5, 0.6) is 5.88 Å². The van der Waals surface area contributed by atoms with Crippen LogP contribution in [0.4, 0.5) is 5.69 Å². The third-order valence-electron chi connectivity index (χ3n) is 3.96. The topological polar surface area (TPSA) is 70.1 Å². The summed E-state index contributed by atoms with van der Waals surface area (Å²) in [5.41, 5.74) is 10.0. The zero-order valence-electron chi connectivity index (χ0n) is 15.3. The van der Waals surface area contributed by atoms with Gasteiger partial charge >= 0.3 is 5.97 Å². The zero-order chi connectivity index (χ0) is 18.7. The molecule has 0 atom stereocenters. The number of carbonyl (C=O) groups excluding carboxylic acids is 1. The fraction of sp³-hybridized carbons (Fsp3) is 0.238. The lowest BCUT2D eigenvalue weighted by Gasteiger charge is -2.10. The van der Waals surface area contributed by atoms with Crippen LogP contribution in [-0.2, 0) is 11.2 Å². The van der Waals surface area contributed by atoms with E-state index in [-0.39, 0.29) is 5.97 Å². The number of aromatic nitrogens is 2. The number of hydrogen-bond acceptors (Lipinski definition) is 4. The summed E-state index contributed by atoms with van der Waals surface area (Å²) >= 11 is 0. The van der Waals surface area contributed by atoms with Crippen molar-refractivity contribution in [3.05, 3.63) is 60.3 Å². The highest BCUT2D eigenvalue weighted by atomic mass is 16.5. The van der Waals surface area contributed by atoms with Crippen molar-refractivity contribution in [2.24, 2.45) is 5.92 Å². The number of para-hydroxylation sites is 1. The molecule has 1 aromatic heterocycles. The summed E-state index contributed by atoms with van der Waals surface area (Å²) in [4.78, 5) is 11.8. The van der Waals surface area contributed by atoms with Gasteiger partial charge in [0.1, 0.15) is 0 Å². The van der Waals surface area contributed by atoms with E-state index < -0.39 is 0 Å². The largest absolute Gasteiger partial charge is 0.407 e. The summed E-state index contributed by atoms with van der Waals surface area (Å²) in [6, 6.07) is 17.2. The lowest BCUT2D eigenvalue weighted by Crippen LogP contribution is -2.08. The van der Waals surface area contributed by atoms with Gasteiger partial charge in [0.2, 0.25) is 5.88 Å². The molecule has 2 aromatic carbocycles. The molecule has 0 saturated carbocycles. The molecule has 5 nitrogen and oxygen atoms in total. The maximum Gasteiger partial charge on any atom is 0.309 e. The van der Waals surface area contributed by atoms with Crippen molar-refractivity contribution in [3.8, 4) is 22.7 Å². The number of hydrogen-bond donors (Lipinski definition) is 1. The van der Waals surface area contributed by atoms with Crippen molar-refractivity contribution in [2.45, 2.75) is 27.2 Å². The standard InChI is InChI=1S/C21H23N3O2/c1-14(2)13-19-20(16-9-11-17(22)12-10-16)21(26-15(3)25)24(23-19)18-7-5-4-6-8-18/h4-12,14H,13,22H2,1-3H3. The Balaban J connectivity index is 2.25. The van der Waals surface area contributed by atoms with E-state index in [0.29, 0.717) is 17.5 Å². The molecule has 0 aliphatic heterocycles. The first kappa shape index (κ1) is 17.7. The van der Waals surface area contributed by atoms with E-state index in [1.165, 1.54) is 6.92 Å². The predicted molar refractivity (Wildman–Crippen MR) is 103 cm³/mol. The van der Waals surface area contributed by atoms with Gasteiger partial charge in [0.05, 0.1) is 16.9 Å². The summed E-state index contributed by atoms with van der Waals surface area (Å²) < 4.78 is 7.31. The number of esters is 1. The zero-order valence-corrected chi connectivity index (χ0v) is 15.3. The normalized spacial score (nSPS) is 10.9. The van der Waals surface area contributed by atoms with Crippen molar-refractivity contribution in [1.82, 2.24) is 9.78 Å². The Kier molecular flexibility index (Phi) is 5.07. The van der Waals surface area contributed by atoms with Gasteiger partial charge in [-0.15, -0.1) is 0 Å². The first-order valence-corrected chi connectivity index (χ1v) is 8.67. The third-order valence-corrected chi connectivity index (χ3v) is 3.96. The molecule has 0 fully saturated rings. The number of benzene rings is 2. The average molecular weight is 349 g/mol. The van der Waals surface area contributed by atoms with Gasteiger partial charge < -0.3 is 10.5 Å². The predicted octanol–water partition coefficient (Wildman–Crippen LogP) is 4.25. The van der Waals surface area contributed by atoms with E-state index in [9.17, 15) is 4.79 Å². The van der Waals surface area contributed by atoms with E-state index in [4.69, 9.17) is 15.6 Å². The number of anilines is 1. The average Bonchev–Trinajstić information content (AvgIpc) is 2.93. The van der Waals surface area contributed by atoms with E-state index in [2.05, 4.69) is 13.8 Å². The van der Waals surface area contributed by atoms with Crippen LogP contribution in [0, 0.1) is 5.92 Å². The minimum absolute atomic E-state index is 0.380. The SMILES string of the molecule is CC(=O)Oc1c(-c2ccc(N)cc2)c(CC(C)C)nn1-c1ccccc1. The molecule has 5 heteroatoms. The molecule has 26 heavy (non-hydrogen) atoms. The number of rotatable bonds is 5. The van der Waals surface area contributed by atoms with Gasteiger partial charge in [-0.3, -0.25) is 4.79 Å². The summed E-state index contributed by atoms with van der Waals surface area (Å²) in [5.74, 6) is 0.464. The molecule has 0 aliphatic rings. The highest BCUT2D eigenvalue weighted by Gasteiger charge is 2.23. The minimum Gasteiger partial charge on any atom is -0.407 e. The molecule has 3 aromatic rings. The fourth-order valence-electron chi connectivity index (χ4n) is 2.89. The number of nitrogens with two attached hydrogens (primary N) is 1. The molecule has 0 spiro atoms. The van der Waals surface area contributed by atoms with Crippen LogP contribution in [0.1, 0.15) is 26.5 Å². The monoisotopic (exact) mass is 349 g/mol. The van der Waals surface area contributed by atoms with Gasteiger partial charge in [-0.05, 0) is 42.2 Å². The Morgan fingerprint density at radius 1 is 1.12 bits per heavy atom. The van der Waals surface area contributed by atoms with Crippen molar-refractivity contribution < 1.29 is 9.53 Å². The van der Waals surface area contributed by atoms with E-state index in [1.54, 1.807) is 4.68 Å². The van der Waals surface area contributed by atoms with Crippen molar-refractivity contribution in [2.75, 3.05) is 5.73 Å². The maximum atomic E-state index is 11.8. The Bertz CT molecular complexity index is 897. The van der Waals surface area contributed by atoms with Crippen LogP contribution in [0.2, 0.25) is 0 Å².